The molecule has 2 heterocycles. The summed E-state index contributed by atoms with van der Waals surface area (Å²) in [4.78, 5) is 5.74. The van der Waals surface area contributed by atoms with Crippen LogP contribution in [0.25, 0.3) is 11.0 Å². The molecule has 2 atom stereocenters. The lowest BCUT2D eigenvalue weighted by Crippen LogP contribution is -2.38. The van der Waals surface area contributed by atoms with Gasteiger partial charge in [-0.2, -0.15) is 0 Å². The summed E-state index contributed by atoms with van der Waals surface area (Å²) in [7, 11) is 2.20. The molecule has 0 bridgehead atoms. The molecule has 4 heteroatoms. The number of nitrogens with zero attached hydrogens (tertiary/aromatic N) is 2. The molecule has 1 aromatic carbocycles. The molecule has 1 saturated heterocycles. The molecule has 18 heavy (non-hydrogen) atoms. The van der Waals surface area contributed by atoms with Gasteiger partial charge in [-0.1, -0.05) is 12.1 Å². The second kappa shape index (κ2) is 4.52. The maximum absolute atomic E-state index is 5.50. The van der Waals surface area contributed by atoms with E-state index in [0.29, 0.717) is 12.1 Å². The van der Waals surface area contributed by atoms with Gasteiger partial charge in [-0.25, -0.2) is 0 Å². The molecule has 0 amide bonds. The fourth-order valence-corrected chi connectivity index (χ4v) is 3.29. The summed E-state index contributed by atoms with van der Waals surface area (Å²) in [5.74, 6) is 0. The van der Waals surface area contributed by atoms with Crippen molar-refractivity contribution >= 4 is 23.3 Å². The van der Waals surface area contributed by atoms with E-state index in [-0.39, 0.29) is 0 Å². The van der Waals surface area contributed by atoms with Gasteiger partial charge in [-0.05, 0) is 51.2 Å². The predicted octanol–water partition coefficient (Wildman–Crippen LogP) is 3.35. The molecule has 2 aromatic rings. The Hall–Kier alpha value is -1.13. The van der Waals surface area contributed by atoms with Crippen LogP contribution in [0.3, 0.4) is 0 Å². The topological polar surface area (TPSA) is 24.0 Å². The molecule has 1 N–H and O–H groups in total. The van der Waals surface area contributed by atoms with E-state index in [2.05, 4.69) is 52.7 Å². The van der Waals surface area contributed by atoms with Crippen LogP contribution in [0.1, 0.15) is 25.8 Å². The molecule has 1 aromatic heterocycles. The standard InChI is InChI=1S/C14H19N3S/c1-10-9-11(7-8-16(10)2)17-13-6-4-3-5-12(13)15-14(17)18/h3-6,10-11H,7-9H2,1-2H3,(H,15,18). The van der Waals surface area contributed by atoms with E-state index in [0.717, 1.165) is 16.8 Å². The van der Waals surface area contributed by atoms with E-state index in [1.54, 1.807) is 0 Å². The van der Waals surface area contributed by atoms with Gasteiger partial charge in [0.15, 0.2) is 4.77 Å². The smallest absolute Gasteiger partial charge is 0.178 e. The Bertz CT molecular complexity index is 613. The van der Waals surface area contributed by atoms with Crippen molar-refractivity contribution in [1.82, 2.24) is 14.5 Å². The van der Waals surface area contributed by atoms with Crippen molar-refractivity contribution in [1.29, 1.82) is 0 Å². The van der Waals surface area contributed by atoms with Crippen LogP contribution in [-0.2, 0) is 0 Å². The zero-order chi connectivity index (χ0) is 12.7. The van der Waals surface area contributed by atoms with E-state index in [9.17, 15) is 0 Å². The van der Waals surface area contributed by atoms with E-state index in [4.69, 9.17) is 12.2 Å². The summed E-state index contributed by atoms with van der Waals surface area (Å²) in [5, 5.41) is 0. The number of hydrogen-bond acceptors (Lipinski definition) is 2. The highest BCUT2D eigenvalue weighted by Gasteiger charge is 2.25. The Morgan fingerprint density at radius 1 is 1.33 bits per heavy atom. The fourth-order valence-electron chi connectivity index (χ4n) is 2.94. The van der Waals surface area contributed by atoms with Crippen LogP contribution < -0.4 is 0 Å². The molecule has 0 spiro atoms. The van der Waals surface area contributed by atoms with Crippen molar-refractivity contribution in [2.24, 2.45) is 0 Å². The maximum Gasteiger partial charge on any atom is 0.178 e. The molecule has 1 aliphatic heterocycles. The van der Waals surface area contributed by atoms with Crippen molar-refractivity contribution in [2.75, 3.05) is 13.6 Å². The third-order valence-electron chi connectivity index (χ3n) is 4.17. The Labute approximate surface area is 112 Å². The van der Waals surface area contributed by atoms with Gasteiger partial charge < -0.3 is 14.5 Å². The number of fused-ring (bicyclic) bond motifs is 1. The lowest BCUT2D eigenvalue weighted by molar-refractivity contribution is 0.158. The monoisotopic (exact) mass is 261 g/mol. The maximum atomic E-state index is 5.50. The number of nitrogens with one attached hydrogen (secondary N) is 1. The molecule has 0 saturated carbocycles. The minimum atomic E-state index is 0.528. The number of hydrogen-bond donors (Lipinski definition) is 1. The first-order valence-corrected chi connectivity index (χ1v) is 6.97. The number of para-hydroxylation sites is 2. The van der Waals surface area contributed by atoms with Crippen LogP contribution >= 0.6 is 12.2 Å². The van der Waals surface area contributed by atoms with Gasteiger partial charge >= 0.3 is 0 Å². The van der Waals surface area contributed by atoms with Crippen LogP contribution in [0.4, 0.5) is 0 Å². The first-order valence-electron chi connectivity index (χ1n) is 6.56. The summed E-state index contributed by atoms with van der Waals surface area (Å²) in [5.41, 5.74) is 2.39. The highest BCUT2D eigenvalue weighted by Crippen LogP contribution is 2.29. The van der Waals surface area contributed by atoms with E-state index in [1.807, 2.05) is 0 Å². The lowest BCUT2D eigenvalue weighted by Gasteiger charge is -2.35. The third kappa shape index (κ3) is 1.89. The van der Waals surface area contributed by atoms with Crippen LogP contribution in [0, 0.1) is 4.77 Å². The molecule has 96 valence electrons. The molecule has 1 aliphatic rings. The molecule has 3 nitrogen and oxygen atoms in total. The zero-order valence-corrected chi connectivity index (χ0v) is 11.7. The largest absolute Gasteiger partial charge is 0.331 e. The van der Waals surface area contributed by atoms with E-state index >= 15 is 0 Å². The van der Waals surface area contributed by atoms with E-state index in [1.165, 1.54) is 18.4 Å². The van der Waals surface area contributed by atoms with Crippen molar-refractivity contribution in [3.8, 4) is 0 Å². The first-order chi connectivity index (χ1) is 8.66. The van der Waals surface area contributed by atoms with Gasteiger partial charge in [0.1, 0.15) is 0 Å². The van der Waals surface area contributed by atoms with Crippen LogP contribution in [0.2, 0.25) is 0 Å². The second-order valence-electron chi connectivity index (χ2n) is 5.33. The highest BCUT2D eigenvalue weighted by molar-refractivity contribution is 7.71. The normalized spacial score (nSPS) is 25.7. The van der Waals surface area contributed by atoms with Crippen molar-refractivity contribution in [3.05, 3.63) is 29.0 Å². The first kappa shape index (κ1) is 11.9. The molecular weight excluding hydrogens is 242 g/mol. The number of rotatable bonds is 1. The third-order valence-corrected chi connectivity index (χ3v) is 4.47. The summed E-state index contributed by atoms with van der Waals surface area (Å²) < 4.78 is 3.17. The van der Waals surface area contributed by atoms with Gasteiger partial charge in [0, 0.05) is 18.6 Å². The number of benzene rings is 1. The van der Waals surface area contributed by atoms with Gasteiger partial charge in [-0.3, -0.25) is 0 Å². The summed E-state index contributed by atoms with van der Waals surface area (Å²) >= 11 is 5.50. The zero-order valence-electron chi connectivity index (χ0n) is 10.9. The quantitative estimate of drug-likeness (QED) is 0.796. The number of piperidine rings is 1. The van der Waals surface area contributed by atoms with Gasteiger partial charge in [0.25, 0.3) is 0 Å². The van der Waals surface area contributed by atoms with Gasteiger partial charge in [0.2, 0.25) is 0 Å². The van der Waals surface area contributed by atoms with Crippen LogP contribution in [0.5, 0.6) is 0 Å². The lowest BCUT2D eigenvalue weighted by atomic mass is 9.98. The Morgan fingerprint density at radius 3 is 2.89 bits per heavy atom. The minimum absolute atomic E-state index is 0.528. The summed E-state index contributed by atoms with van der Waals surface area (Å²) in [6.45, 7) is 3.44. The average Bonchev–Trinajstić information content (AvgIpc) is 2.69. The summed E-state index contributed by atoms with van der Waals surface area (Å²) in [6, 6.07) is 9.54. The molecular formula is C14H19N3S. The molecule has 1 fully saturated rings. The molecule has 0 aliphatic carbocycles. The highest BCUT2D eigenvalue weighted by atomic mass is 32.1. The number of aromatic nitrogens is 2. The number of imidazole rings is 1. The number of H-pyrrole nitrogens is 1. The average molecular weight is 261 g/mol. The van der Waals surface area contributed by atoms with Gasteiger partial charge in [0.05, 0.1) is 11.0 Å². The van der Waals surface area contributed by atoms with Crippen molar-refractivity contribution < 1.29 is 0 Å². The van der Waals surface area contributed by atoms with Crippen LogP contribution in [0.15, 0.2) is 24.3 Å². The number of likely N-dealkylation sites (tertiary alicyclic amines) is 1. The predicted molar refractivity (Wildman–Crippen MR) is 77.5 cm³/mol. The number of aromatic amines is 1. The summed E-state index contributed by atoms with van der Waals surface area (Å²) in [6.07, 6.45) is 2.35. The van der Waals surface area contributed by atoms with E-state index < -0.39 is 0 Å². The van der Waals surface area contributed by atoms with Gasteiger partial charge in [-0.15, -0.1) is 0 Å². The molecule has 2 unspecified atom stereocenters. The second-order valence-corrected chi connectivity index (χ2v) is 5.71. The Morgan fingerprint density at radius 2 is 2.11 bits per heavy atom. The van der Waals surface area contributed by atoms with Crippen molar-refractivity contribution in [3.63, 3.8) is 0 Å². The SMILES string of the molecule is CC1CC(n2c(=S)[nH]c3ccccc32)CCN1C. The fraction of sp³-hybridized carbons (Fsp3) is 0.500. The minimum Gasteiger partial charge on any atom is -0.331 e. The molecule has 3 rings (SSSR count). The molecule has 0 radical (unpaired) electrons. The Balaban J connectivity index is 2.04. The van der Waals surface area contributed by atoms with Crippen molar-refractivity contribution in [2.45, 2.75) is 31.8 Å². The van der Waals surface area contributed by atoms with Crippen LogP contribution in [-0.4, -0.2) is 34.1 Å². The Kier molecular flexibility index (Phi) is 2.99.